The van der Waals surface area contributed by atoms with Crippen molar-refractivity contribution in [1.29, 1.82) is 0 Å². The van der Waals surface area contributed by atoms with E-state index in [1.165, 1.54) is 0 Å². The van der Waals surface area contributed by atoms with Crippen molar-refractivity contribution in [2.75, 3.05) is 0 Å². The number of phenols is 1. The molecule has 1 aromatic rings. The van der Waals surface area contributed by atoms with Crippen LogP contribution in [-0.2, 0) is 6.42 Å². The molecule has 3 heteroatoms. The predicted molar refractivity (Wildman–Crippen MR) is 71.2 cm³/mol. The molecule has 100 valence electrons. The molecular weight excluding hydrogens is 228 g/mol. The summed E-state index contributed by atoms with van der Waals surface area (Å²) >= 11 is 0. The van der Waals surface area contributed by atoms with Crippen molar-refractivity contribution in [3.8, 4) is 11.5 Å². The van der Waals surface area contributed by atoms with Gasteiger partial charge in [-0.2, -0.15) is 0 Å². The number of hydrogen-bond acceptors (Lipinski definition) is 3. The Morgan fingerprint density at radius 1 is 1.22 bits per heavy atom. The fourth-order valence-corrected chi connectivity index (χ4v) is 2.63. The highest BCUT2D eigenvalue weighted by Gasteiger charge is 2.32. The lowest BCUT2D eigenvalue weighted by Crippen LogP contribution is -2.33. The highest BCUT2D eigenvalue weighted by molar-refractivity contribution is 5.59. The maximum atomic E-state index is 10.2. The summed E-state index contributed by atoms with van der Waals surface area (Å²) in [6.07, 6.45) is 1.04. The Morgan fingerprint density at radius 2 is 1.83 bits per heavy atom. The first-order valence-corrected chi connectivity index (χ1v) is 6.46. The summed E-state index contributed by atoms with van der Waals surface area (Å²) in [5, 5.41) is 20.1. The molecule has 0 aliphatic carbocycles. The summed E-state index contributed by atoms with van der Waals surface area (Å²) in [5.41, 5.74) is 3.17. The van der Waals surface area contributed by atoms with Crippen LogP contribution in [0.2, 0.25) is 0 Å². The van der Waals surface area contributed by atoms with Gasteiger partial charge < -0.3 is 14.9 Å². The number of fused-ring (bicyclic) bond motifs is 1. The molecule has 0 saturated carbocycles. The maximum Gasteiger partial charge on any atom is 0.127 e. The number of hydrogen-bond donors (Lipinski definition) is 2. The van der Waals surface area contributed by atoms with E-state index in [0.717, 1.165) is 35.3 Å². The summed E-state index contributed by atoms with van der Waals surface area (Å²) in [6.45, 7) is 9.64. The van der Waals surface area contributed by atoms with Crippen LogP contribution in [0.3, 0.4) is 0 Å². The summed E-state index contributed by atoms with van der Waals surface area (Å²) in [7, 11) is 0. The third-order valence-corrected chi connectivity index (χ3v) is 3.89. The normalized spacial score (nSPS) is 19.0. The Kier molecular flexibility index (Phi) is 3.06. The van der Waals surface area contributed by atoms with Gasteiger partial charge in [0.2, 0.25) is 0 Å². The molecule has 0 bridgehead atoms. The second-order valence-electron chi connectivity index (χ2n) is 5.86. The van der Waals surface area contributed by atoms with Gasteiger partial charge in [0.05, 0.1) is 6.10 Å². The molecule has 1 atom stereocenters. The van der Waals surface area contributed by atoms with Gasteiger partial charge in [0, 0.05) is 11.1 Å². The highest BCUT2D eigenvalue weighted by atomic mass is 16.5. The molecule has 1 aliphatic rings. The van der Waals surface area contributed by atoms with Crippen LogP contribution in [0, 0.1) is 13.8 Å². The molecule has 18 heavy (non-hydrogen) atoms. The van der Waals surface area contributed by atoms with E-state index in [9.17, 15) is 10.2 Å². The van der Waals surface area contributed by atoms with Gasteiger partial charge in [0.15, 0.2) is 0 Å². The first-order valence-electron chi connectivity index (χ1n) is 6.46. The summed E-state index contributed by atoms with van der Waals surface area (Å²) in [5.74, 6) is 1.06. The Bertz CT molecular complexity index is 487. The quantitative estimate of drug-likeness (QED) is 0.805. The molecule has 0 spiro atoms. The van der Waals surface area contributed by atoms with E-state index in [4.69, 9.17) is 4.74 Å². The van der Waals surface area contributed by atoms with Crippen LogP contribution in [0.4, 0.5) is 0 Å². The zero-order valence-electron chi connectivity index (χ0n) is 11.8. The second-order valence-corrected chi connectivity index (χ2v) is 5.86. The van der Waals surface area contributed by atoms with Gasteiger partial charge in [-0.3, -0.25) is 0 Å². The molecule has 3 nitrogen and oxygen atoms in total. The number of phenolic OH excluding ortho intramolecular Hbond substituents is 1. The Labute approximate surface area is 108 Å². The van der Waals surface area contributed by atoms with Gasteiger partial charge >= 0.3 is 0 Å². The molecule has 0 fully saturated rings. The highest BCUT2D eigenvalue weighted by Crippen LogP contribution is 2.45. The summed E-state index contributed by atoms with van der Waals surface area (Å²) < 4.78 is 6.05. The zero-order chi connectivity index (χ0) is 13.7. The van der Waals surface area contributed by atoms with Crippen LogP contribution >= 0.6 is 0 Å². The van der Waals surface area contributed by atoms with Crippen molar-refractivity contribution >= 4 is 0 Å². The number of aromatic hydroxyl groups is 1. The lowest BCUT2D eigenvalue weighted by atomic mass is 9.86. The Balaban J connectivity index is 2.70. The number of rotatable bonds is 1. The Hall–Kier alpha value is -1.22. The van der Waals surface area contributed by atoms with E-state index in [-0.39, 0.29) is 11.4 Å². The minimum atomic E-state index is -0.678. The van der Waals surface area contributed by atoms with E-state index in [1.807, 2.05) is 13.8 Å². The maximum absolute atomic E-state index is 10.2. The van der Waals surface area contributed by atoms with Crippen LogP contribution in [0.25, 0.3) is 0 Å². The molecule has 0 amide bonds. The topological polar surface area (TPSA) is 49.7 Å². The van der Waals surface area contributed by atoms with E-state index < -0.39 is 6.10 Å². The third-order valence-electron chi connectivity index (χ3n) is 3.89. The number of aliphatic hydroxyl groups excluding tert-OH is 1. The van der Waals surface area contributed by atoms with Crippen molar-refractivity contribution in [3.63, 3.8) is 0 Å². The first kappa shape index (κ1) is 13.2. The van der Waals surface area contributed by atoms with E-state index in [0.29, 0.717) is 5.56 Å². The molecule has 0 saturated heterocycles. The van der Waals surface area contributed by atoms with Crippen molar-refractivity contribution in [3.05, 3.63) is 22.3 Å². The minimum Gasteiger partial charge on any atom is -0.507 e. The van der Waals surface area contributed by atoms with E-state index >= 15 is 0 Å². The van der Waals surface area contributed by atoms with Gasteiger partial charge in [-0.15, -0.1) is 0 Å². The lowest BCUT2D eigenvalue weighted by Gasteiger charge is -2.36. The van der Waals surface area contributed by atoms with Crippen molar-refractivity contribution < 1.29 is 14.9 Å². The summed E-state index contributed by atoms with van der Waals surface area (Å²) in [4.78, 5) is 0. The average Bonchev–Trinajstić information content (AvgIpc) is 2.26. The van der Waals surface area contributed by atoms with Crippen molar-refractivity contribution in [2.45, 2.75) is 59.2 Å². The minimum absolute atomic E-state index is 0.183. The monoisotopic (exact) mass is 250 g/mol. The van der Waals surface area contributed by atoms with Crippen LogP contribution in [0.5, 0.6) is 11.5 Å². The molecule has 1 aromatic carbocycles. The van der Waals surface area contributed by atoms with Gasteiger partial charge in [0.25, 0.3) is 0 Å². The standard InChI is InChI=1S/C15H22O3/c1-8-9(2)14-11(6-7-15(4,5)18-14)12(10(3)16)13(8)17/h10,16-17H,6-7H2,1-5H3. The van der Waals surface area contributed by atoms with Gasteiger partial charge in [-0.1, -0.05) is 0 Å². The molecule has 2 N–H and O–H groups in total. The fourth-order valence-electron chi connectivity index (χ4n) is 2.63. The van der Waals surface area contributed by atoms with Crippen LogP contribution in [0.15, 0.2) is 0 Å². The largest absolute Gasteiger partial charge is 0.507 e. The van der Waals surface area contributed by atoms with Crippen LogP contribution in [-0.4, -0.2) is 15.8 Å². The number of ether oxygens (including phenoxy) is 1. The van der Waals surface area contributed by atoms with Gasteiger partial charge in [-0.25, -0.2) is 0 Å². The van der Waals surface area contributed by atoms with Crippen LogP contribution < -0.4 is 4.74 Å². The molecular formula is C15H22O3. The van der Waals surface area contributed by atoms with Crippen molar-refractivity contribution in [2.24, 2.45) is 0 Å². The second kappa shape index (κ2) is 4.16. The molecule has 0 aromatic heterocycles. The zero-order valence-corrected chi connectivity index (χ0v) is 11.8. The molecule has 1 heterocycles. The molecule has 2 rings (SSSR count). The smallest absolute Gasteiger partial charge is 0.127 e. The average molecular weight is 250 g/mol. The Morgan fingerprint density at radius 3 is 2.39 bits per heavy atom. The van der Waals surface area contributed by atoms with Gasteiger partial charge in [-0.05, 0) is 58.6 Å². The SMILES string of the molecule is Cc1c(C)c2c(c(C(C)O)c1O)CCC(C)(C)O2. The van der Waals surface area contributed by atoms with Crippen LogP contribution in [0.1, 0.15) is 55.5 Å². The first-order chi connectivity index (χ1) is 8.24. The third kappa shape index (κ3) is 1.97. The van der Waals surface area contributed by atoms with E-state index in [1.54, 1.807) is 6.92 Å². The molecule has 1 aliphatic heterocycles. The van der Waals surface area contributed by atoms with Gasteiger partial charge in [0.1, 0.15) is 17.1 Å². The number of aliphatic hydroxyl groups is 1. The van der Waals surface area contributed by atoms with E-state index in [2.05, 4.69) is 13.8 Å². The molecule has 1 unspecified atom stereocenters. The lowest BCUT2D eigenvalue weighted by molar-refractivity contribution is 0.0813. The predicted octanol–water partition coefficient (Wildman–Crippen LogP) is 3.17. The number of benzene rings is 1. The van der Waals surface area contributed by atoms with Crippen molar-refractivity contribution in [1.82, 2.24) is 0 Å². The molecule has 0 radical (unpaired) electrons. The summed E-state index contributed by atoms with van der Waals surface area (Å²) in [6, 6.07) is 0. The fraction of sp³-hybridized carbons (Fsp3) is 0.600.